The number of amides is 2. The second-order valence-electron chi connectivity index (χ2n) is 6.71. The molecule has 0 radical (unpaired) electrons. The van der Waals surface area contributed by atoms with E-state index in [9.17, 15) is 14.4 Å². The summed E-state index contributed by atoms with van der Waals surface area (Å²) in [5.41, 5.74) is 7.37. The SMILES string of the molecule is Cc1c(C(N)=O)sc(NC(=O)c2cc(-c3ccc(Cl)cc3)n[nH]2)c1C(=O)OC(C)C. The molecule has 0 unspecified atom stereocenters. The third kappa shape index (κ3) is 4.52. The summed E-state index contributed by atoms with van der Waals surface area (Å²) in [6, 6.07) is 8.57. The van der Waals surface area contributed by atoms with Gasteiger partial charge in [0.2, 0.25) is 0 Å². The van der Waals surface area contributed by atoms with E-state index >= 15 is 0 Å². The summed E-state index contributed by atoms with van der Waals surface area (Å²) in [5, 5.41) is 10.2. The van der Waals surface area contributed by atoms with Crippen molar-refractivity contribution in [3.63, 3.8) is 0 Å². The Morgan fingerprint density at radius 1 is 1.23 bits per heavy atom. The molecule has 0 fully saturated rings. The predicted octanol–water partition coefficient (Wildman–Crippen LogP) is 4.02. The molecule has 3 rings (SSSR count). The van der Waals surface area contributed by atoms with Gasteiger partial charge in [0.1, 0.15) is 10.7 Å². The highest BCUT2D eigenvalue weighted by molar-refractivity contribution is 7.18. The Bertz CT molecular complexity index is 1120. The number of nitrogens with one attached hydrogen (secondary N) is 2. The minimum Gasteiger partial charge on any atom is -0.459 e. The number of H-pyrrole nitrogens is 1. The standard InChI is InChI=1S/C20H19ClN4O4S/c1-9(2)29-20(28)15-10(3)16(17(22)26)30-19(15)23-18(27)14-8-13(24-25-14)11-4-6-12(21)7-5-11/h4-9H,1-3H3,(H2,22,26)(H,23,27)(H,24,25). The molecule has 0 aliphatic rings. The van der Waals surface area contributed by atoms with Gasteiger partial charge in [-0.05, 0) is 44.5 Å². The number of esters is 1. The van der Waals surface area contributed by atoms with Crippen LogP contribution in [0.5, 0.6) is 0 Å². The van der Waals surface area contributed by atoms with Crippen LogP contribution >= 0.6 is 22.9 Å². The fraction of sp³-hybridized carbons (Fsp3) is 0.200. The van der Waals surface area contributed by atoms with Gasteiger partial charge in [-0.2, -0.15) is 5.10 Å². The van der Waals surface area contributed by atoms with E-state index < -0.39 is 17.8 Å². The van der Waals surface area contributed by atoms with E-state index in [0.717, 1.165) is 16.9 Å². The maximum atomic E-state index is 12.7. The fourth-order valence-corrected chi connectivity index (χ4v) is 3.90. The molecule has 8 nitrogen and oxygen atoms in total. The minimum atomic E-state index is -0.692. The van der Waals surface area contributed by atoms with Crippen LogP contribution in [0.2, 0.25) is 5.02 Å². The summed E-state index contributed by atoms with van der Waals surface area (Å²) in [6.45, 7) is 4.99. The smallest absolute Gasteiger partial charge is 0.341 e. The number of ether oxygens (including phenoxy) is 1. The van der Waals surface area contributed by atoms with Crippen molar-refractivity contribution < 1.29 is 19.1 Å². The lowest BCUT2D eigenvalue weighted by Crippen LogP contribution is -2.17. The molecule has 156 valence electrons. The van der Waals surface area contributed by atoms with Crippen molar-refractivity contribution in [3.8, 4) is 11.3 Å². The van der Waals surface area contributed by atoms with Crippen molar-refractivity contribution in [1.29, 1.82) is 0 Å². The van der Waals surface area contributed by atoms with E-state index in [2.05, 4.69) is 15.5 Å². The normalized spacial score (nSPS) is 10.8. The average molecular weight is 447 g/mol. The van der Waals surface area contributed by atoms with Gasteiger partial charge in [0.15, 0.2) is 0 Å². The van der Waals surface area contributed by atoms with Gasteiger partial charge in [-0.1, -0.05) is 23.7 Å². The van der Waals surface area contributed by atoms with Crippen LogP contribution in [-0.2, 0) is 4.74 Å². The number of carbonyl (C=O) groups is 3. The van der Waals surface area contributed by atoms with Gasteiger partial charge in [-0.25, -0.2) is 4.79 Å². The lowest BCUT2D eigenvalue weighted by atomic mass is 10.1. The van der Waals surface area contributed by atoms with Gasteiger partial charge >= 0.3 is 5.97 Å². The number of hydrogen-bond acceptors (Lipinski definition) is 6. The second-order valence-corrected chi connectivity index (χ2v) is 8.16. The maximum Gasteiger partial charge on any atom is 0.341 e. The number of aromatic nitrogens is 2. The molecular formula is C20H19ClN4O4S. The lowest BCUT2D eigenvalue weighted by Gasteiger charge is -2.10. The van der Waals surface area contributed by atoms with Crippen LogP contribution in [0.25, 0.3) is 11.3 Å². The quantitative estimate of drug-likeness (QED) is 0.493. The first-order valence-electron chi connectivity index (χ1n) is 8.94. The summed E-state index contributed by atoms with van der Waals surface area (Å²) >= 11 is 6.81. The summed E-state index contributed by atoms with van der Waals surface area (Å²) in [6.07, 6.45) is -0.369. The summed E-state index contributed by atoms with van der Waals surface area (Å²) in [4.78, 5) is 37.1. The number of nitrogens with two attached hydrogens (primary N) is 1. The Labute approximate surface area is 181 Å². The van der Waals surface area contributed by atoms with E-state index in [4.69, 9.17) is 22.1 Å². The van der Waals surface area contributed by atoms with Crippen LogP contribution < -0.4 is 11.1 Å². The van der Waals surface area contributed by atoms with Crippen LogP contribution in [-0.4, -0.2) is 34.1 Å². The number of benzene rings is 1. The molecule has 3 aromatic rings. The molecule has 0 saturated carbocycles. The van der Waals surface area contributed by atoms with Crippen molar-refractivity contribution in [2.45, 2.75) is 26.9 Å². The Kier molecular flexibility index (Phi) is 6.23. The first-order chi connectivity index (χ1) is 14.2. The van der Waals surface area contributed by atoms with E-state index in [1.807, 2.05) is 0 Å². The summed E-state index contributed by atoms with van der Waals surface area (Å²) < 4.78 is 5.24. The van der Waals surface area contributed by atoms with Gasteiger partial charge in [-0.3, -0.25) is 14.7 Å². The van der Waals surface area contributed by atoms with Crippen LogP contribution in [0, 0.1) is 6.92 Å². The van der Waals surface area contributed by atoms with Crippen molar-refractivity contribution in [2.24, 2.45) is 5.73 Å². The number of nitrogens with zero attached hydrogens (tertiary/aromatic N) is 1. The molecule has 0 bridgehead atoms. The van der Waals surface area contributed by atoms with E-state index in [1.54, 1.807) is 51.1 Å². The van der Waals surface area contributed by atoms with E-state index in [0.29, 0.717) is 16.3 Å². The highest BCUT2D eigenvalue weighted by Crippen LogP contribution is 2.34. The largest absolute Gasteiger partial charge is 0.459 e. The molecule has 0 atom stereocenters. The molecule has 0 aliphatic heterocycles. The first-order valence-corrected chi connectivity index (χ1v) is 10.1. The molecule has 30 heavy (non-hydrogen) atoms. The van der Waals surface area contributed by atoms with E-state index in [-0.39, 0.29) is 27.2 Å². The molecular weight excluding hydrogens is 428 g/mol. The van der Waals surface area contributed by atoms with Gasteiger partial charge in [0, 0.05) is 10.6 Å². The molecule has 0 spiro atoms. The number of carbonyl (C=O) groups excluding carboxylic acids is 3. The Hall–Kier alpha value is -3.17. The molecule has 4 N–H and O–H groups in total. The molecule has 10 heteroatoms. The average Bonchev–Trinajstić information content (AvgIpc) is 3.27. The van der Waals surface area contributed by atoms with Crippen LogP contribution in [0.1, 0.15) is 49.9 Å². The Morgan fingerprint density at radius 2 is 1.90 bits per heavy atom. The van der Waals surface area contributed by atoms with Gasteiger partial charge in [0.25, 0.3) is 11.8 Å². The number of rotatable bonds is 6. The Balaban J connectivity index is 1.89. The molecule has 0 saturated heterocycles. The number of halogens is 1. The number of anilines is 1. The second kappa shape index (κ2) is 8.68. The van der Waals surface area contributed by atoms with Crippen molar-refractivity contribution >= 4 is 45.7 Å². The predicted molar refractivity (Wildman–Crippen MR) is 115 cm³/mol. The zero-order valence-corrected chi connectivity index (χ0v) is 18.0. The van der Waals surface area contributed by atoms with Gasteiger partial charge in [0.05, 0.1) is 22.2 Å². The molecule has 2 aromatic heterocycles. The van der Waals surface area contributed by atoms with Gasteiger partial charge < -0.3 is 15.8 Å². The molecule has 2 heterocycles. The Morgan fingerprint density at radius 3 is 2.50 bits per heavy atom. The number of thiophene rings is 1. The maximum absolute atomic E-state index is 12.7. The molecule has 2 amide bonds. The van der Waals surface area contributed by atoms with Crippen LogP contribution in [0.3, 0.4) is 0 Å². The van der Waals surface area contributed by atoms with Crippen LogP contribution in [0.4, 0.5) is 5.00 Å². The fourth-order valence-electron chi connectivity index (χ4n) is 2.73. The van der Waals surface area contributed by atoms with Gasteiger partial charge in [-0.15, -0.1) is 11.3 Å². The van der Waals surface area contributed by atoms with Crippen LogP contribution in [0.15, 0.2) is 30.3 Å². The molecule has 1 aromatic carbocycles. The summed E-state index contributed by atoms with van der Waals surface area (Å²) in [7, 11) is 0. The summed E-state index contributed by atoms with van der Waals surface area (Å²) in [5.74, 6) is -1.87. The number of primary amides is 1. The monoisotopic (exact) mass is 446 g/mol. The third-order valence-electron chi connectivity index (χ3n) is 4.11. The number of hydrogen-bond donors (Lipinski definition) is 3. The zero-order chi connectivity index (χ0) is 22.0. The minimum absolute atomic E-state index is 0.105. The first kappa shape index (κ1) is 21.5. The van der Waals surface area contributed by atoms with E-state index in [1.165, 1.54) is 0 Å². The number of aromatic amines is 1. The highest BCUT2D eigenvalue weighted by Gasteiger charge is 2.27. The van der Waals surface area contributed by atoms with Crippen molar-refractivity contribution in [3.05, 3.63) is 57.1 Å². The zero-order valence-electron chi connectivity index (χ0n) is 16.4. The molecule has 0 aliphatic carbocycles. The lowest BCUT2D eigenvalue weighted by molar-refractivity contribution is 0.0379. The topological polar surface area (TPSA) is 127 Å². The van der Waals surface area contributed by atoms with Crippen molar-refractivity contribution in [2.75, 3.05) is 5.32 Å². The van der Waals surface area contributed by atoms with Crippen molar-refractivity contribution in [1.82, 2.24) is 10.2 Å². The third-order valence-corrected chi connectivity index (χ3v) is 5.58. The highest BCUT2D eigenvalue weighted by atomic mass is 35.5.